The number of aromatic amines is 1. The number of imidazole rings is 1. The molecule has 0 fully saturated rings. The summed E-state index contributed by atoms with van der Waals surface area (Å²) in [5, 5.41) is 7.57. The lowest BCUT2D eigenvalue weighted by Gasteiger charge is -2.08. The largest absolute Gasteiger partial charge is 0.427 e. The van der Waals surface area contributed by atoms with E-state index in [1.165, 1.54) is 20.0 Å². The first kappa shape index (κ1) is 23.0. The van der Waals surface area contributed by atoms with Crippen molar-refractivity contribution in [2.75, 3.05) is 17.7 Å². The number of nitrogens with zero attached hydrogens (tertiary/aromatic N) is 1. The Balaban J connectivity index is 1.71. The second-order valence-electron chi connectivity index (χ2n) is 6.92. The summed E-state index contributed by atoms with van der Waals surface area (Å²) >= 11 is 0. The van der Waals surface area contributed by atoms with Gasteiger partial charge in [-0.2, -0.15) is 0 Å². The number of nitrogens with one attached hydrogen (secondary N) is 4. The predicted octanol–water partition coefficient (Wildman–Crippen LogP) is 2.03. The number of amides is 4. The molecule has 4 amide bonds. The minimum absolute atomic E-state index is 0.0333. The van der Waals surface area contributed by atoms with E-state index < -0.39 is 17.9 Å². The van der Waals surface area contributed by atoms with Crippen LogP contribution in [0.4, 0.5) is 16.3 Å². The highest BCUT2D eigenvalue weighted by Crippen LogP contribution is 2.18. The number of H-pyrrole nitrogens is 1. The summed E-state index contributed by atoms with van der Waals surface area (Å²) in [6.07, 6.45) is 0.304. The molecule has 11 heteroatoms. The molecule has 0 aliphatic rings. The van der Waals surface area contributed by atoms with Crippen LogP contribution in [0.15, 0.2) is 48.5 Å². The monoisotopic (exact) mass is 450 g/mol. The fourth-order valence-electron chi connectivity index (χ4n) is 2.96. The maximum Gasteiger partial charge on any atom is 0.324 e. The lowest BCUT2D eigenvalue weighted by Crippen LogP contribution is -2.23. The van der Waals surface area contributed by atoms with Crippen molar-refractivity contribution in [2.24, 2.45) is 5.73 Å². The van der Waals surface area contributed by atoms with E-state index in [1.807, 2.05) is 0 Å². The van der Waals surface area contributed by atoms with Crippen molar-refractivity contribution in [3.05, 3.63) is 71.2 Å². The number of nitrogens with two attached hydrogens (primary N) is 1. The van der Waals surface area contributed by atoms with Crippen LogP contribution in [0, 0.1) is 0 Å². The Hall–Kier alpha value is -4.67. The van der Waals surface area contributed by atoms with Gasteiger partial charge in [-0.3, -0.25) is 19.7 Å². The number of hydrogen-bond donors (Lipinski definition) is 5. The fraction of sp³-hybridized carbons (Fsp3) is 0.136. The van der Waals surface area contributed by atoms with Gasteiger partial charge in [0.15, 0.2) is 5.82 Å². The molecule has 33 heavy (non-hydrogen) atoms. The highest BCUT2D eigenvalue weighted by molar-refractivity contribution is 6.05. The van der Waals surface area contributed by atoms with Crippen LogP contribution in [0.2, 0.25) is 0 Å². The average molecular weight is 450 g/mol. The molecule has 0 radical (unpaired) electrons. The lowest BCUT2D eigenvalue weighted by atomic mass is 10.1. The third-order valence-electron chi connectivity index (χ3n) is 4.40. The standard InChI is InChI=1S/C22H22N6O5/c1-12(29)33-16-8-6-13(7-9-16)10-17-26-18(19(23)30)20(27-17)28-22(32)25-15-5-3-4-14(11-15)21(31)24-2/h3-9,11H,10H2,1-2H3,(H2,23,30)(H,24,31)(H,26,27)(H2,25,28,32). The van der Waals surface area contributed by atoms with Crippen LogP contribution < -0.4 is 26.4 Å². The highest BCUT2D eigenvalue weighted by atomic mass is 16.5. The van der Waals surface area contributed by atoms with Crippen LogP contribution in [0.5, 0.6) is 5.75 Å². The topological polar surface area (TPSA) is 168 Å². The molecule has 0 unspecified atom stereocenters. The summed E-state index contributed by atoms with van der Waals surface area (Å²) in [6, 6.07) is 12.4. The zero-order valence-electron chi connectivity index (χ0n) is 17.9. The molecule has 0 spiro atoms. The summed E-state index contributed by atoms with van der Waals surface area (Å²) in [5.74, 6) is -0.754. The van der Waals surface area contributed by atoms with Gasteiger partial charge in [0.25, 0.3) is 11.8 Å². The molecular weight excluding hydrogens is 428 g/mol. The maximum atomic E-state index is 12.4. The molecule has 6 N–H and O–H groups in total. The number of primary amides is 1. The molecule has 0 saturated carbocycles. The molecule has 0 saturated heterocycles. The van der Waals surface area contributed by atoms with Gasteiger partial charge in [0.1, 0.15) is 17.3 Å². The number of aromatic nitrogens is 2. The van der Waals surface area contributed by atoms with Crippen LogP contribution in [-0.4, -0.2) is 40.8 Å². The van der Waals surface area contributed by atoms with Crippen molar-refractivity contribution in [1.29, 1.82) is 0 Å². The average Bonchev–Trinajstić information content (AvgIpc) is 3.16. The summed E-state index contributed by atoms with van der Waals surface area (Å²) in [4.78, 5) is 54.1. The molecule has 3 rings (SSSR count). The van der Waals surface area contributed by atoms with E-state index in [0.717, 1.165) is 5.56 Å². The van der Waals surface area contributed by atoms with Gasteiger partial charge >= 0.3 is 12.0 Å². The number of benzene rings is 2. The SMILES string of the molecule is CNC(=O)c1cccc(NC(=O)Nc2nc(Cc3ccc(OC(C)=O)cc3)[nH]c2C(N)=O)c1. The van der Waals surface area contributed by atoms with Crippen molar-refractivity contribution in [3.63, 3.8) is 0 Å². The molecule has 0 aliphatic heterocycles. The Morgan fingerprint density at radius 2 is 1.79 bits per heavy atom. The second kappa shape index (κ2) is 10.1. The summed E-state index contributed by atoms with van der Waals surface area (Å²) in [7, 11) is 1.50. The van der Waals surface area contributed by atoms with E-state index in [4.69, 9.17) is 10.5 Å². The van der Waals surface area contributed by atoms with Crippen LogP contribution in [0.1, 0.15) is 39.2 Å². The van der Waals surface area contributed by atoms with Gasteiger partial charge in [-0.05, 0) is 35.9 Å². The minimum atomic E-state index is -0.795. The Bertz CT molecular complexity index is 1200. The van der Waals surface area contributed by atoms with Crippen molar-refractivity contribution in [3.8, 4) is 5.75 Å². The Morgan fingerprint density at radius 1 is 1.06 bits per heavy atom. The van der Waals surface area contributed by atoms with Crippen LogP contribution >= 0.6 is 0 Å². The Morgan fingerprint density at radius 3 is 2.42 bits per heavy atom. The molecule has 3 aromatic rings. The van der Waals surface area contributed by atoms with Crippen LogP contribution in [0.25, 0.3) is 0 Å². The van der Waals surface area contributed by atoms with Crippen LogP contribution in [-0.2, 0) is 11.2 Å². The van der Waals surface area contributed by atoms with Gasteiger partial charge in [0.05, 0.1) is 0 Å². The van der Waals surface area contributed by atoms with Crippen molar-refractivity contribution >= 4 is 35.3 Å². The number of urea groups is 1. The molecule has 170 valence electrons. The molecule has 1 heterocycles. The molecule has 0 bridgehead atoms. The van der Waals surface area contributed by atoms with Gasteiger partial charge in [-0.15, -0.1) is 0 Å². The highest BCUT2D eigenvalue weighted by Gasteiger charge is 2.18. The number of carbonyl (C=O) groups excluding carboxylic acids is 4. The third-order valence-corrected chi connectivity index (χ3v) is 4.40. The summed E-state index contributed by atoms with van der Waals surface area (Å²) < 4.78 is 4.99. The van der Waals surface area contributed by atoms with Crippen molar-refractivity contribution in [2.45, 2.75) is 13.3 Å². The Labute approximate surface area is 188 Å². The van der Waals surface area contributed by atoms with E-state index in [0.29, 0.717) is 29.2 Å². The number of carbonyl (C=O) groups is 4. The molecular formula is C22H22N6O5. The number of esters is 1. The zero-order valence-corrected chi connectivity index (χ0v) is 17.9. The molecule has 0 atom stereocenters. The third kappa shape index (κ3) is 6.17. The summed E-state index contributed by atoms with van der Waals surface area (Å²) in [5.41, 5.74) is 6.91. The quantitative estimate of drug-likeness (QED) is 0.272. The van der Waals surface area contributed by atoms with E-state index in [2.05, 4.69) is 25.9 Å². The number of ether oxygens (including phenoxy) is 1. The lowest BCUT2D eigenvalue weighted by molar-refractivity contribution is -0.131. The normalized spacial score (nSPS) is 10.2. The van der Waals surface area contributed by atoms with Gasteiger partial charge < -0.3 is 26.1 Å². The number of anilines is 2. The van der Waals surface area contributed by atoms with Crippen LogP contribution in [0.3, 0.4) is 0 Å². The van der Waals surface area contributed by atoms with E-state index in [9.17, 15) is 19.2 Å². The van der Waals surface area contributed by atoms with Gasteiger partial charge in [-0.1, -0.05) is 18.2 Å². The molecule has 1 aromatic heterocycles. The first-order valence-corrected chi connectivity index (χ1v) is 9.81. The predicted molar refractivity (Wildman–Crippen MR) is 120 cm³/mol. The fourth-order valence-corrected chi connectivity index (χ4v) is 2.96. The van der Waals surface area contributed by atoms with Gasteiger partial charge in [0, 0.05) is 31.6 Å². The number of hydrogen-bond acceptors (Lipinski definition) is 6. The smallest absolute Gasteiger partial charge is 0.324 e. The van der Waals surface area contributed by atoms with E-state index in [-0.39, 0.29) is 17.4 Å². The molecule has 0 aliphatic carbocycles. The van der Waals surface area contributed by atoms with E-state index >= 15 is 0 Å². The zero-order chi connectivity index (χ0) is 24.0. The Kier molecular flexibility index (Phi) is 7.03. The second-order valence-corrected chi connectivity index (χ2v) is 6.92. The maximum absolute atomic E-state index is 12.4. The first-order chi connectivity index (χ1) is 15.7. The molecule has 11 nitrogen and oxygen atoms in total. The van der Waals surface area contributed by atoms with E-state index in [1.54, 1.807) is 42.5 Å². The van der Waals surface area contributed by atoms with Crippen molar-refractivity contribution in [1.82, 2.24) is 15.3 Å². The molecule has 2 aromatic carbocycles. The van der Waals surface area contributed by atoms with Gasteiger partial charge in [0.2, 0.25) is 0 Å². The van der Waals surface area contributed by atoms with Gasteiger partial charge in [-0.25, -0.2) is 9.78 Å². The minimum Gasteiger partial charge on any atom is -0.427 e. The number of rotatable bonds is 7. The summed E-state index contributed by atoms with van der Waals surface area (Å²) in [6.45, 7) is 1.31. The first-order valence-electron chi connectivity index (χ1n) is 9.81. The van der Waals surface area contributed by atoms with Crippen molar-refractivity contribution < 1.29 is 23.9 Å².